The minimum absolute atomic E-state index is 0.0300. The van der Waals surface area contributed by atoms with Crippen molar-refractivity contribution < 1.29 is 19.6 Å². The molecule has 0 saturated carbocycles. The number of carboxylic acids is 1. The first kappa shape index (κ1) is 15.2. The number of benzene rings is 2. The minimum Gasteiger partial charge on any atom is -0.478 e. The van der Waals surface area contributed by atoms with Gasteiger partial charge in [-0.1, -0.05) is 12.1 Å². The van der Waals surface area contributed by atoms with Gasteiger partial charge in [-0.05, 0) is 24.3 Å². The van der Waals surface area contributed by atoms with Crippen molar-refractivity contribution in [3.05, 3.63) is 69.9 Å². The number of nitrogens with zero attached hydrogens (tertiary/aromatic N) is 1. The van der Waals surface area contributed by atoms with Gasteiger partial charge in [-0.25, -0.2) is 4.79 Å². The molecule has 8 heteroatoms. The van der Waals surface area contributed by atoms with Crippen LogP contribution in [-0.4, -0.2) is 26.9 Å². The van der Waals surface area contributed by atoms with E-state index < -0.39 is 16.8 Å². The number of aromatic nitrogens is 1. The van der Waals surface area contributed by atoms with E-state index in [1.165, 1.54) is 36.4 Å². The van der Waals surface area contributed by atoms with Gasteiger partial charge < -0.3 is 15.4 Å². The molecule has 3 rings (SSSR count). The van der Waals surface area contributed by atoms with Crippen molar-refractivity contribution in [2.45, 2.75) is 0 Å². The number of hydrogen-bond donors (Lipinski definition) is 3. The van der Waals surface area contributed by atoms with E-state index >= 15 is 0 Å². The molecule has 1 amide bonds. The third-order valence-corrected chi connectivity index (χ3v) is 3.47. The molecule has 0 bridgehead atoms. The van der Waals surface area contributed by atoms with Crippen LogP contribution in [0.25, 0.3) is 10.9 Å². The molecule has 0 saturated heterocycles. The number of H-pyrrole nitrogens is 1. The van der Waals surface area contributed by atoms with Crippen molar-refractivity contribution in [1.82, 2.24) is 4.98 Å². The van der Waals surface area contributed by atoms with Crippen molar-refractivity contribution >= 4 is 34.2 Å². The number of nitro benzene ring substituents is 1. The second-order valence-corrected chi connectivity index (χ2v) is 5.02. The van der Waals surface area contributed by atoms with Gasteiger partial charge in [0.15, 0.2) is 0 Å². The molecule has 2 aromatic carbocycles. The number of nitrogens with one attached hydrogen (secondary N) is 2. The highest BCUT2D eigenvalue weighted by Crippen LogP contribution is 2.22. The Morgan fingerprint density at radius 1 is 1.12 bits per heavy atom. The van der Waals surface area contributed by atoms with Gasteiger partial charge in [0.1, 0.15) is 5.69 Å². The lowest BCUT2D eigenvalue weighted by molar-refractivity contribution is -0.384. The fourth-order valence-corrected chi connectivity index (χ4v) is 2.32. The quantitative estimate of drug-likeness (QED) is 0.502. The number of nitro groups is 1. The average Bonchev–Trinajstić information content (AvgIpc) is 2.98. The molecule has 1 aromatic heterocycles. The number of aromatic carboxylic acids is 1. The second-order valence-electron chi connectivity index (χ2n) is 5.02. The minimum atomic E-state index is -1.15. The van der Waals surface area contributed by atoms with E-state index in [0.29, 0.717) is 10.9 Å². The number of aromatic amines is 1. The van der Waals surface area contributed by atoms with Gasteiger partial charge >= 0.3 is 5.97 Å². The lowest BCUT2D eigenvalue weighted by Crippen LogP contribution is -2.15. The molecule has 0 aliphatic heterocycles. The molecule has 1 heterocycles. The summed E-state index contributed by atoms with van der Waals surface area (Å²) in [5, 5.41) is 22.9. The molecular formula is C16H11N3O5. The Labute approximate surface area is 134 Å². The monoisotopic (exact) mass is 325 g/mol. The largest absolute Gasteiger partial charge is 0.478 e. The molecule has 0 aliphatic rings. The predicted octanol–water partition coefficient (Wildman–Crippen LogP) is 3.03. The van der Waals surface area contributed by atoms with Crippen LogP contribution in [0, 0.1) is 10.1 Å². The first-order chi connectivity index (χ1) is 11.5. The number of carboxylic acid groups (broad SMARTS) is 1. The van der Waals surface area contributed by atoms with Crippen LogP contribution in [0.15, 0.2) is 48.5 Å². The van der Waals surface area contributed by atoms with E-state index in [4.69, 9.17) is 5.11 Å². The summed E-state index contributed by atoms with van der Waals surface area (Å²) in [5.41, 5.74) is 0.796. The summed E-state index contributed by atoms with van der Waals surface area (Å²) in [6, 6.07) is 11.7. The molecule has 0 spiro atoms. The van der Waals surface area contributed by atoms with E-state index in [9.17, 15) is 19.7 Å². The third-order valence-electron chi connectivity index (χ3n) is 3.47. The number of carbonyl (C=O) groups excluding carboxylic acids is 1. The molecule has 8 nitrogen and oxygen atoms in total. The number of carbonyl (C=O) groups is 2. The fraction of sp³-hybridized carbons (Fsp3) is 0. The van der Waals surface area contributed by atoms with Gasteiger partial charge in [0, 0.05) is 23.0 Å². The number of amides is 1. The fourth-order valence-electron chi connectivity index (χ4n) is 2.32. The first-order valence-corrected chi connectivity index (χ1v) is 6.86. The highest BCUT2D eigenvalue weighted by Gasteiger charge is 2.15. The van der Waals surface area contributed by atoms with Gasteiger partial charge in [0.2, 0.25) is 0 Å². The second kappa shape index (κ2) is 5.84. The predicted molar refractivity (Wildman–Crippen MR) is 86.3 cm³/mol. The topological polar surface area (TPSA) is 125 Å². The molecule has 0 atom stereocenters. The van der Waals surface area contributed by atoms with Crippen molar-refractivity contribution in [3.8, 4) is 0 Å². The number of rotatable bonds is 4. The van der Waals surface area contributed by atoms with E-state index in [0.717, 1.165) is 0 Å². The zero-order valence-electron chi connectivity index (χ0n) is 12.1. The lowest BCUT2D eigenvalue weighted by atomic mass is 10.1. The van der Waals surface area contributed by atoms with Crippen LogP contribution in [-0.2, 0) is 0 Å². The van der Waals surface area contributed by atoms with Crippen LogP contribution in [0.2, 0.25) is 0 Å². The standard InChI is InChI=1S/C16H11N3O5/c20-15(18-13-4-2-1-3-11(13)16(21)22)14-8-9-7-10(19(23)24)5-6-12(9)17-14/h1-8,17H,(H,18,20)(H,21,22). The Kier molecular flexibility index (Phi) is 3.70. The van der Waals surface area contributed by atoms with Crippen LogP contribution in [0.1, 0.15) is 20.8 Å². The van der Waals surface area contributed by atoms with Gasteiger partial charge in [-0.3, -0.25) is 14.9 Å². The Hall–Kier alpha value is -3.68. The van der Waals surface area contributed by atoms with E-state index in [1.54, 1.807) is 12.1 Å². The summed E-state index contributed by atoms with van der Waals surface area (Å²) in [4.78, 5) is 36.6. The number of non-ortho nitro benzene ring substituents is 1. The van der Waals surface area contributed by atoms with Crippen molar-refractivity contribution in [2.75, 3.05) is 5.32 Å². The molecule has 3 N–H and O–H groups in total. The van der Waals surface area contributed by atoms with Crippen molar-refractivity contribution in [1.29, 1.82) is 0 Å². The third kappa shape index (κ3) is 2.80. The van der Waals surface area contributed by atoms with E-state index in [1.807, 2.05) is 0 Å². The summed E-state index contributed by atoms with van der Waals surface area (Å²) >= 11 is 0. The normalized spacial score (nSPS) is 10.5. The number of hydrogen-bond acceptors (Lipinski definition) is 4. The summed E-state index contributed by atoms with van der Waals surface area (Å²) in [5.74, 6) is -1.69. The molecule has 3 aromatic rings. The zero-order chi connectivity index (χ0) is 17.3. The maximum atomic E-state index is 12.3. The van der Waals surface area contributed by atoms with Crippen LogP contribution < -0.4 is 5.32 Å². The van der Waals surface area contributed by atoms with Gasteiger partial charge in [0.05, 0.1) is 16.2 Å². The Morgan fingerprint density at radius 3 is 2.58 bits per heavy atom. The number of para-hydroxylation sites is 1. The zero-order valence-corrected chi connectivity index (χ0v) is 12.1. The summed E-state index contributed by atoms with van der Waals surface area (Å²) < 4.78 is 0. The summed E-state index contributed by atoms with van der Waals surface area (Å²) in [7, 11) is 0. The summed E-state index contributed by atoms with van der Waals surface area (Å²) in [6.07, 6.45) is 0. The first-order valence-electron chi connectivity index (χ1n) is 6.86. The molecule has 24 heavy (non-hydrogen) atoms. The summed E-state index contributed by atoms with van der Waals surface area (Å²) in [6.45, 7) is 0. The SMILES string of the molecule is O=C(Nc1ccccc1C(=O)O)c1cc2cc([N+](=O)[O-])ccc2[nH]1. The number of fused-ring (bicyclic) bond motifs is 1. The van der Waals surface area contributed by atoms with Crippen LogP contribution in [0.5, 0.6) is 0 Å². The van der Waals surface area contributed by atoms with Crippen LogP contribution in [0.4, 0.5) is 11.4 Å². The van der Waals surface area contributed by atoms with Crippen LogP contribution >= 0.6 is 0 Å². The highest BCUT2D eigenvalue weighted by molar-refractivity contribution is 6.08. The van der Waals surface area contributed by atoms with E-state index in [2.05, 4.69) is 10.3 Å². The van der Waals surface area contributed by atoms with Crippen molar-refractivity contribution in [3.63, 3.8) is 0 Å². The average molecular weight is 325 g/mol. The Bertz CT molecular complexity index is 977. The Balaban J connectivity index is 1.92. The van der Waals surface area contributed by atoms with Gasteiger partial charge in [-0.15, -0.1) is 0 Å². The lowest BCUT2D eigenvalue weighted by Gasteiger charge is -2.06. The van der Waals surface area contributed by atoms with Gasteiger partial charge in [-0.2, -0.15) is 0 Å². The van der Waals surface area contributed by atoms with Crippen LogP contribution in [0.3, 0.4) is 0 Å². The molecule has 120 valence electrons. The smallest absolute Gasteiger partial charge is 0.337 e. The molecule has 0 fully saturated rings. The molecule has 0 radical (unpaired) electrons. The molecule has 0 unspecified atom stereocenters. The Morgan fingerprint density at radius 2 is 1.88 bits per heavy atom. The maximum absolute atomic E-state index is 12.3. The molecule has 0 aliphatic carbocycles. The highest BCUT2D eigenvalue weighted by atomic mass is 16.6. The van der Waals surface area contributed by atoms with Gasteiger partial charge in [0.25, 0.3) is 11.6 Å². The van der Waals surface area contributed by atoms with Crippen molar-refractivity contribution in [2.24, 2.45) is 0 Å². The number of anilines is 1. The maximum Gasteiger partial charge on any atom is 0.337 e. The molecular weight excluding hydrogens is 314 g/mol. The van der Waals surface area contributed by atoms with E-state index in [-0.39, 0.29) is 22.6 Å².